The summed E-state index contributed by atoms with van der Waals surface area (Å²) < 4.78 is 5.33. The summed E-state index contributed by atoms with van der Waals surface area (Å²) in [5.41, 5.74) is 1.17. The molecule has 2 rings (SSSR count). The summed E-state index contributed by atoms with van der Waals surface area (Å²) >= 11 is 0. The van der Waals surface area contributed by atoms with E-state index in [1.165, 1.54) is 6.07 Å². The molecule has 0 aliphatic rings. The van der Waals surface area contributed by atoms with Gasteiger partial charge >= 0.3 is 5.97 Å². The van der Waals surface area contributed by atoms with Crippen LogP contribution in [0.4, 0.5) is 0 Å². The largest absolute Gasteiger partial charge is 0.478 e. The molecule has 0 spiro atoms. The highest BCUT2D eigenvalue weighted by Crippen LogP contribution is 2.17. The van der Waals surface area contributed by atoms with Gasteiger partial charge in [-0.3, -0.25) is 4.79 Å². The number of carboxylic acid groups (broad SMARTS) is 1. The second-order valence-electron chi connectivity index (χ2n) is 5.13. The third-order valence-corrected chi connectivity index (χ3v) is 3.52. The molecule has 1 aromatic carbocycles. The Morgan fingerprint density at radius 2 is 1.95 bits per heavy atom. The van der Waals surface area contributed by atoms with Gasteiger partial charge in [-0.25, -0.2) is 4.79 Å². The van der Waals surface area contributed by atoms with Crippen molar-refractivity contribution in [3.63, 3.8) is 0 Å². The molecule has 0 fully saturated rings. The summed E-state index contributed by atoms with van der Waals surface area (Å²) in [5, 5.41) is 11.8. The Balaban J connectivity index is 2.02. The molecule has 0 saturated carbocycles. The van der Waals surface area contributed by atoms with Crippen LogP contribution in [0.5, 0.6) is 0 Å². The quantitative estimate of drug-likeness (QED) is 0.859. The zero-order valence-electron chi connectivity index (χ0n) is 12.6. The van der Waals surface area contributed by atoms with Crippen molar-refractivity contribution in [3.05, 3.63) is 59.0 Å². The zero-order chi connectivity index (χ0) is 16.1. The fraction of sp³-hybridized carbons (Fsp3) is 0.294. The second kappa shape index (κ2) is 6.93. The van der Waals surface area contributed by atoms with Crippen molar-refractivity contribution in [1.82, 2.24) is 5.32 Å². The molecule has 0 bridgehead atoms. The molecule has 22 heavy (non-hydrogen) atoms. The molecule has 1 amide bonds. The molecule has 1 unspecified atom stereocenters. The first kappa shape index (κ1) is 15.8. The third-order valence-electron chi connectivity index (χ3n) is 3.52. The van der Waals surface area contributed by atoms with Gasteiger partial charge in [0.15, 0.2) is 5.76 Å². The van der Waals surface area contributed by atoms with Crippen LogP contribution in [0.2, 0.25) is 0 Å². The Bertz CT molecular complexity index is 661. The van der Waals surface area contributed by atoms with Gasteiger partial charge in [-0.15, -0.1) is 0 Å². The molecule has 0 aliphatic heterocycles. The predicted molar refractivity (Wildman–Crippen MR) is 82.2 cm³/mol. The number of hydrogen-bond acceptors (Lipinski definition) is 3. The number of benzene rings is 1. The van der Waals surface area contributed by atoms with Crippen LogP contribution in [-0.4, -0.2) is 23.5 Å². The number of aromatic carboxylic acids is 1. The Morgan fingerprint density at radius 3 is 2.50 bits per heavy atom. The maximum Gasteiger partial charge on any atom is 0.339 e. The lowest BCUT2D eigenvalue weighted by atomic mass is 10.0. The van der Waals surface area contributed by atoms with Gasteiger partial charge in [-0.1, -0.05) is 44.2 Å². The summed E-state index contributed by atoms with van der Waals surface area (Å²) in [6, 6.07) is 11.1. The van der Waals surface area contributed by atoms with E-state index >= 15 is 0 Å². The molecule has 1 aromatic heterocycles. The van der Waals surface area contributed by atoms with E-state index < -0.39 is 11.9 Å². The Morgan fingerprint density at radius 1 is 1.27 bits per heavy atom. The number of carbonyl (C=O) groups is 2. The van der Waals surface area contributed by atoms with Gasteiger partial charge in [-0.2, -0.15) is 0 Å². The monoisotopic (exact) mass is 301 g/mol. The fourth-order valence-corrected chi connectivity index (χ4v) is 2.22. The molecule has 0 saturated heterocycles. The molecule has 5 heteroatoms. The average Bonchev–Trinajstić information content (AvgIpc) is 2.97. The highest BCUT2D eigenvalue weighted by Gasteiger charge is 2.20. The van der Waals surface area contributed by atoms with Crippen molar-refractivity contribution in [2.75, 3.05) is 6.54 Å². The van der Waals surface area contributed by atoms with Gasteiger partial charge in [0.25, 0.3) is 5.91 Å². The van der Waals surface area contributed by atoms with Crippen LogP contribution in [0.1, 0.15) is 52.0 Å². The summed E-state index contributed by atoms with van der Waals surface area (Å²) in [4.78, 5) is 23.2. The van der Waals surface area contributed by atoms with Crippen LogP contribution >= 0.6 is 0 Å². The van der Waals surface area contributed by atoms with Crippen molar-refractivity contribution < 1.29 is 19.1 Å². The lowest BCUT2D eigenvalue weighted by molar-refractivity contribution is 0.0694. The normalized spacial score (nSPS) is 11.9. The van der Waals surface area contributed by atoms with Gasteiger partial charge in [0.2, 0.25) is 0 Å². The first-order chi connectivity index (χ1) is 10.5. The second-order valence-corrected chi connectivity index (χ2v) is 5.13. The van der Waals surface area contributed by atoms with Gasteiger partial charge in [0, 0.05) is 19.0 Å². The van der Waals surface area contributed by atoms with E-state index in [1.54, 1.807) is 6.92 Å². The van der Waals surface area contributed by atoms with E-state index in [0.29, 0.717) is 18.7 Å². The van der Waals surface area contributed by atoms with Crippen molar-refractivity contribution in [1.29, 1.82) is 0 Å². The van der Waals surface area contributed by atoms with Crippen LogP contribution in [0.3, 0.4) is 0 Å². The average molecular weight is 301 g/mol. The van der Waals surface area contributed by atoms with Crippen molar-refractivity contribution in [2.24, 2.45) is 0 Å². The minimum absolute atomic E-state index is 0.0366. The van der Waals surface area contributed by atoms with Crippen molar-refractivity contribution >= 4 is 11.9 Å². The fourth-order valence-electron chi connectivity index (χ4n) is 2.22. The minimum Gasteiger partial charge on any atom is -0.478 e. The number of aryl methyl sites for hydroxylation is 1. The molecule has 116 valence electrons. The minimum atomic E-state index is -1.09. The van der Waals surface area contributed by atoms with Gasteiger partial charge < -0.3 is 14.8 Å². The highest BCUT2D eigenvalue weighted by molar-refractivity contribution is 5.96. The highest BCUT2D eigenvalue weighted by atomic mass is 16.4. The topological polar surface area (TPSA) is 79.5 Å². The van der Waals surface area contributed by atoms with Gasteiger partial charge in [0.1, 0.15) is 11.3 Å². The Labute approximate surface area is 129 Å². The number of hydrogen-bond donors (Lipinski definition) is 2. The number of carbonyl (C=O) groups excluding carboxylic acids is 1. The number of nitrogens with one attached hydrogen (secondary N) is 1. The number of amides is 1. The molecule has 1 heterocycles. The SMILES string of the molecule is CCc1oc(C(=O)NCC(C)c2ccccc2)cc1C(=O)O. The van der Waals surface area contributed by atoms with Crippen LogP contribution in [0.25, 0.3) is 0 Å². The standard InChI is InChI=1S/C17H19NO4/c1-3-14-13(17(20)21)9-15(22-14)16(19)18-10-11(2)12-7-5-4-6-8-12/h4-9,11H,3,10H2,1-2H3,(H,18,19)(H,20,21). The number of furan rings is 1. The van der Waals surface area contributed by atoms with Crippen molar-refractivity contribution in [3.8, 4) is 0 Å². The van der Waals surface area contributed by atoms with E-state index in [0.717, 1.165) is 5.56 Å². The van der Waals surface area contributed by atoms with Crippen LogP contribution in [-0.2, 0) is 6.42 Å². The molecule has 1 atom stereocenters. The summed E-state index contributed by atoms with van der Waals surface area (Å²) in [7, 11) is 0. The third kappa shape index (κ3) is 3.55. The smallest absolute Gasteiger partial charge is 0.339 e. The van der Waals surface area contributed by atoms with Gasteiger partial charge in [-0.05, 0) is 11.5 Å². The van der Waals surface area contributed by atoms with E-state index in [4.69, 9.17) is 9.52 Å². The van der Waals surface area contributed by atoms with Crippen LogP contribution in [0.15, 0.2) is 40.8 Å². The van der Waals surface area contributed by atoms with Crippen LogP contribution < -0.4 is 5.32 Å². The molecule has 2 N–H and O–H groups in total. The first-order valence-electron chi connectivity index (χ1n) is 7.22. The molecule has 5 nitrogen and oxygen atoms in total. The molecular formula is C17H19NO4. The van der Waals surface area contributed by atoms with E-state index in [1.807, 2.05) is 37.3 Å². The molecule has 0 aliphatic carbocycles. The zero-order valence-corrected chi connectivity index (χ0v) is 12.6. The maximum absolute atomic E-state index is 12.1. The van der Waals surface area contributed by atoms with Crippen LogP contribution in [0, 0.1) is 0 Å². The lowest BCUT2D eigenvalue weighted by Gasteiger charge is -2.12. The lowest BCUT2D eigenvalue weighted by Crippen LogP contribution is -2.27. The predicted octanol–water partition coefficient (Wildman–Crippen LogP) is 3.07. The number of carboxylic acids is 1. The molecule has 0 radical (unpaired) electrons. The van der Waals surface area contributed by atoms with E-state index in [2.05, 4.69) is 5.32 Å². The molecular weight excluding hydrogens is 282 g/mol. The summed E-state index contributed by atoms with van der Waals surface area (Å²) in [6.45, 7) is 4.25. The number of rotatable bonds is 6. The van der Waals surface area contributed by atoms with E-state index in [9.17, 15) is 9.59 Å². The van der Waals surface area contributed by atoms with E-state index in [-0.39, 0.29) is 17.2 Å². The van der Waals surface area contributed by atoms with Crippen molar-refractivity contribution in [2.45, 2.75) is 26.2 Å². The van der Waals surface area contributed by atoms with Gasteiger partial charge in [0.05, 0.1) is 0 Å². The molecule has 2 aromatic rings. The Kier molecular flexibility index (Phi) is 4.99. The maximum atomic E-state index is 12.1. The summed E-state index contributed by atoms with van der Waals surface area (Å²) in [5.74, 6) is -0.977. The first-order valence-corrected chi connectivity index (χ1v) is 7.22. The Hall–Kier alpha value is -2.56. The summed E-state index contributed by atoms with van der Waals surface area (Å²) in [6.07, 6.45) is 0.426.